The van der Waals surface area contributed by atoms with Crippen molar-refractivity contribution in [3.63, 3.8) is 0 Å². The normalized spacial score (nSPS) is 12.4. The van der Waals surface area contributed by atoms with Gasteiger partial charge in [-0.15, -0.1) is 0 Å². The van der Waals surface area contributed by atoms with E-state index in [2.05, 4.69) is 5.10 Å². The number of nitrogens with two attached hydrogens (primary N) is 1. The molecule has 28 heavy (non-hydrogen) atoms. The number of benzene rings is 2. The maximum absolute atomic E-state index is 14.1. The Balaban J connectivity index is 2.45. The first-order valence-electron chi connectivity index (χ1n) is 7.33. The van der Waals surface area contributed by atoms with E-state index in [1.165, 1.54) is 6.07 Å². The van der Waals surface area contributed by atoms with E-state index in [1.807, 2.05) is 0 Å². The molecule has 148 valence electrons. The highest BCUT2D eigenvalue weighted by molar-refractivity contribution is 7.89. The predicted molar refractivity (Wildman–Crippen MR) is 85.2 cm³/mol. The number of hydrogen-bond acceptors (Lipinski definition) is 3. The van der Waals surface area contributed by atoms with Crippen LogP contribution in [-0.2, 0) is 16.2 Å². The molecule has 2 N–H and O–H groups in total. The molecule has 5 nitrogen and oxygen atoms in total. The van der Waals surface area contributed by atoms with Crippen LogP contribution in [0.2, 0.25) is 0 Å². The van der Waals surface area contributed by atoms with Crippen LogP contribution in [0.25, 0.3) is 16.8 Å². The molecule has 0 amide bonds. The lowest BCUT2D eigenvalue weighted by molar-refractivity contribution is -0.137. The second kappa shape index (κ2) is 6.63. The Hall–Kier alpha value is -2.86. The molecule has 12 heteroatoms. The number of alkyl halides is 3. The van der Waals surface area contributed by atoms with Crippen LogP contribution in [0.15, 0.2) is 47.6 Å². The molecule has 0 aliphatic rings. The number of primary sulfonamides is 1. The van der Waals surface area contributed by atoms with Crippen LogP contribution in [0.5, 0.6) is 0 Å². The van der Waals surface area contributed by atoms with Crippen molar-refractivity contribution in [2.75, 3.05) is 0 Å². The first kappa shape index (κ1) is 19.9. The molecule has 0 spiro atoms. The van der Waals surface area contributed by atoms with Gasteiger partial charge in [0.1, 0.15) is 4.90 Å². The van der Waals surface area contributed by atoms with Crippen LogP contribution in [0.3, 0.4) is 0 Å². The molecule has 0 atom stereocenters. The topological polar surface area (TPSA) is 78.0 Å². The minimum Gasteiger partial charge on any atom is -0.239 e. The number of sulfonamides is 1. The van der Waals surface area contributed by atoms with Gasteiger partial charge in [0.2, 0.25) is 10.0 Å². The van der Waals surface area contributed by atoms with Crippen molar-refractivity contribution in [2.24, 2.45) is 5.14 Å². The molecule has 0 aliphatic heterocycles. The zero-order valence-corrected chi connectivity index (χ0v) is 14.3. The first-order chi connectivity index (χ1) is 12.9. The summed E-state index contributed by atoms with van der Waals surface area (Å²) < 4.78 is 106. The average molecular weight is 421 g/mol. The largest absolute Gasteiger partial charge is 0.418 e. The van der Waals surface area contributed by atoms with Crippen LogP contribution in [0.1, 0.15) is 5.56 Å². The molecule has 3 rings (SSSR count). The van der Waals surface area contributed by atoms with Crippen molar-refractivity contribution in [2.45, 2.75) is 11.1 Å². The van der Waals surface area contributed by atoms with E-state index in [1.54, 1.807) is 0 Å². The highest BCUT2D eigenvalue weighted by Gasteiger charge is 2.38. The SMILES string of the molecule is NS(=O)(=O)c1cc(-c2ccc(F)c(F)c2F)cc(C(F)(F)F)c1-n1cccn1. The van der Waals surface area contributed by atoms with Crippen molar-refractivity contribution in [3.05, 3.63) is 65.7 Å². The Morgan fingerprint density at radius 2 is 1.71 bits per heavy atom. The van der Waals surface area contributed by atoms with Gasteiger partial charge in [0.05, 0.1) is 11.3 Å². The Morgan fingerprint density at radius 3 is 2.25 bits per heavy atom. The van der Waals surface area contributed by atoms with E-state index < -0.39 is 60.9 Å². The van der Waals surface area contributed by atoms with Crippen LogP contribution < -0.4 is 5.14 Å². The molecular weight excluding hydrogens is 412 g/mol. The van der Waals surface area contributed by atoms with E-state index in [0.717, 1.165) is 12.4 Å². The first-order valence-corrected chi connectivity index (χ1v) is 8.88. The zero-order chi connectivity index (χ0) is 20.9. The Kier molecular flexibility index (Phi) is 4.71. The quantitative estimate of drug-likeness (QED) is 0.518. The maximum atomic E-state index is 14.1. The second-order valence-corrected chi connectivity index (χ2v) is 7.12. The van der Waals surface area contributed by atoms with Gasteiger partial charge in [-0.3, -0.25) is 0 Å². The lowest BCUT2D eigenvalue weighted by Crippen LogP contribution is -2.20. The van der Waals surface area contributed by atoms with E-state index in [-0.39, 0.29) is 0 Å². The summed E-state index contributed by atoms with van der Waals surface area (Å²) in [7, 11) is -4.76. The summed E-state index contributed by atoms with van der Waals surface area (Å²) in [5, 5.41) is 8.64. The summed E-state index contributed by atoms with van der Waals surface area (Å²) in [6, 6.07) is 3.47. The third kappa shape index (κ3) is 3.47. The van der Waals surface area contributed by atoms with Crippen LogP contribution in [-0.4, -0.2) is 18.2 Å². The second-order valence-electron chi connectivity index (χ2n) is 5.59. The summed E-state index contributed by atoms with van der Waals surface area (Å²) >= 11 is 0. The molecule has 0 fully saturated rings. The van der Waals surface area contributed by atoms with Crippen LogP contribution >= 0.6 is 0 Å². The molecule has 0 radical (unpaired) electrons. The number of halogens is 6. The van der Waals surface area contributed by atoms with Gasteiger partial charge in [0, 0.05) is 18.0 Å². The predicted octanol–water partition coefficient (Wildman–Crippen LogP) is 3.62. The van der Waals surface area contributed by atoms with Crippen molar-refractivity contribution in [3.8, 4) is 16.8 Å². The Morgan fingerprint density at radius 1 is 1.04 bits per heavy atom. The van der Waals surface area contributed by atoms with Gasteiger partial charge < -0.3 is 0 Å². The van der Waals surface area contributed by atoms with E-state index in [4.69, 9.17) is 5.14 Å². The molecule has 2 aromatic carbocycles. The third-order valence-corrected chi connectivity index (χ3v) is 4.69. The molecular formula is C16H9F6N3O2S. The fourth-order valence-electron chi connectivity index (χ4n) is 2.58. The Labute approximate surface area is 154 Å². The summed E-state index contributed by atoms with van der Waals surface area (Å²) in [6.07, 6.45) is -2.95. The van der Waals surface area contributed by atoms with Gasteiger partial charge in [-0.05, 0) is 35.9 Å². The molecule has 0 aliphatic carbocycles. The lowest BCUT2D eigenvalue weighted by atomic mass is 10.0. The molecule has 0 saturated heterocycles. The molecule has 3 aromatic rings. The molecule has 1 heterocycles. The monoisotopic (exact) mass is 421 g/mol. The van der Waals surface area contributed by atoms with E-state index in [0.29, 0.717) is 28.9 Å². The fourth-order valence-corrected chi connectivity index (χ4v) is 3.35. The lowest BCUT2D eigenvalue weighted by Gasteiger charge is -2.18. The van der Waals surface area contributed by atoms with E-state index >= 15 is 0 Å². The highest BCUT2D eigenvalue weighted by Crippen LogP contribution is 2.40. The minimum absolute atomic E-state index is 0.404. The van der Waals surface area contributed by atoms with Crippen molar-refractivity contribution in [1.29, 1.82) is 0 Å². The molecule has 1 aromatic heterocycles. The van der Waals surface area contributed by atoms with Gasteiger partial charge in [-0.1, -0.05) is 0 Å². The maximum Gasteiger partial charge on any atom is 0.418 e. The smallest absolute Gasteiger partial charge is 0.239 e. The molecule has 0 unspecified atom stereocenters. The number of nitrogens with zero attached hydrogens (tertiary/aromatic N) is 2. The van der Waals surface area contributed by atoms with Crippen LogP contribution in [0.4, 0.5) is 26.3 Å². The van der Waals surface area contributed by atoms with Gasteiger partial charge in [0.15, 0.2) is 17.5 Å². The summed E-state index contributed by atoms with van der Waals surface area (Å²) in [6.45, 7) is 0. The summed E-state index contributed by atoms with van der Waals surface area (Å²) in [4.78, 5) is -1.02. The van der Waals surface area contributed by atoms with Gasteiger partial charge in [-0.25, -0.2) is 31.4 Å². The molecule has 0 saturated carbocycles. The van der Waals surface area contributed by atoms with Crippen LogP contribution in [0, 0.1) is 17.5 Å². The standard InChI is InChI=1S/C16H9F6N3O2S/c17-11-3-2-9(13(18)14(11)19)8-6-10(16(20,21)22)15(25-5-1-4-24-25)12(7-8)28(23,26)27/h1-7H,(H2,23,26,27). The minimum atomic E-state index is -5.11. The number of rotatable bonds is 3. The van der Waals surface area contributed by atoms with Gasteiger partial charge in [0.25, 0.3) is 0 Å². The van der Waals surface area contributed by atoms with Crippen molar-refractivity contribution in [1.82, 2.24) is 9.78 Å². The summed E-state index contributed by atoms with van der Waals surface area (Å²) in [5.41, 5.74) is -3.86. The van der Waals surface area contributed by atoms with Gasteiger partial charge >= 0.3 is 6.18 Å². The zero-order valence-electron chi connectivity index (χ0n) is 13.5. The summed E-state index contributed by atoms with van der Waals surface area (Å²) in [5.74, 6) is -5.25. The highest BCUT2D eigenvalue weighted by atomic mass is 32.2. The Bertz CT molecular complexity index is 1160. The fraction of sp³-hybridized carbons (Fsp3) is 0.0625. The molecule has 0 bridgehead atoms. The van der Waals surface area contributed by atoms with E-state index in [9.17, 15) is 34.8 Å². The van der Waals surface area contributed by atoms with Gasteiger partial charge in [-0.2, -0.15) is 18.3 Å². The third-order valence-electron chi connectivity index (χ3n) is 3.77. The van der Waals surface area contributed by atoms with Crippen molar-refractivity contribution < 1.29 is 34.8 Å². The number of aromatic nitrogens is 2. The average Bonchev–Trinajstić information content (AvgIpc) is 3.11. The van der Waals surface area contributed by atoms with Crippen molar-refractivity contribution >= 4 is 10.0 Å². The number of hydrogen-bond donors (Lipinski definition) is 1.